The Balaban J connectivity index is 3.06. The molecule has 0 fully saturated rings. The van der Waals surface area contributed by atoms with Crippen molar-refractivity contribution in [1.29, 1.82) is 0 Å². The summed E-state index contributed by atoms with van der Waals surface area (Å²) in [4.78, 5) is 10.7. The van der Waals surface area contributed by atoms with Crippen molar-refractivity contribution in [2.45, 2.75) is 0 Å². The molecule has 0 saturated carbocycles. The van der Waals surface area contributed by atoms with Gasteiger partial charge in [-0.2, -0.15) is 0 Å². The van der Waals surface area contributed by atoms with Crippen molar-refractivity contribution < 1.29 is 4.76 Å². The van der Waals surface area contributed by atoms with Crippen LogP contribution >= 0.6 is 0 Å². The summed E-state index contributed by atoms with van der Waals surface area (Å²) in [5.74, 6) is 0. The van der Waals surface area contributed by atoms with Crippen LogP contribution in [0.25, 0.3) is 12.4 Å². The van der Waals surface area contributed by atoms with Crippen LogP contribution < -0.4 is 10.4 Å². The van der Waals surface area contributed by atoms with E-state index in [1.165, 1.54) is 26.5 Å². The third-order valence-corrected chi connectivity index (χ3v) is 1.60. The molecule has 0 spiro atoms. The second kappa shape index (κ2) is 4.53. The van der Waals surface area contributed by atoms with E-state index >= 15 is 0 Å². The molecule has 1 aromatic carbocycles. The second-order valence-corrected chi connectivity index (χ2v) is 3.02. The lowest BCUT2D eigenvalue weighted by Crippen LogP contribution is -2.12. The predicted octanol–water partition coefficient (Wildman–Crippen LogP) is 0.000900. The average molecular weight is 192 g/mol. The Kier molecular flexibility index (Phi) is 3.36. The Labute approximate surface area is 81.9 Å². The molecule has 4 nitrogen and oxygen atoms in total. The van der Waals surface area contributed by atoms with Gasteiger partial charge in [0.25, 0.3) is 0 Å². The van der Waals surface area contributed by atoms with Crippen LogP contribution in [-0.4, -0.2) is 23.9 Å². The number of nitroso groups, excluding NO2 is 1. The fourth-order valence-electron chi connectivity index (χ4n) is 1.09. The molecule has 0 saturated heterocycles. The predicted molar refractivity (Wildman–Crippen MR) is 55.3 cm³/mol. The third-order valence-electron chi connectivity index (χ3n) is 1.60. The highest BCUT2D eigenvalue weighted by Crippen LogP contribution is 1.77. The van der Waals surface area contributed by atoms with Crippen LogP contribution in [0.2, 0.25) is 0 Å². The second-order valence-electron chi connectivity index (χ2n) is 3.02. The molecule has 0 heterocycles. The van der Waals surface area contributed by atoms with Crippen LogP contribution in [-0.2, 0) is 0 Å². The molecule has 74 valence electrons. The van der Waals surface area contributed by atoms with Crippen molar-refractivity contribution in [3.8, 4) is 0 Å². The summed E-state index contributed by atoms with van der Waals surface area (Å²) in [6, 6.07) is 7.13. The average Bonchev–Trinajstić information content (AvgIpc) is 2.06. The minimum Gasteiger partial charge on any atom is -0.759 e. The third kappa shape index (κ3) is 3.37. The molecule has 0 aromatic heterocycles. The Bertz CT molecular complexity index is 414. The van der Waals surface area contributed by atoms with Gasteiger partial charge in [-0.15, -0.1) is 0 Å². The van der Waals surface area contributed by atoms with Crippen molar-refractivity contribution in [2.24, 2.45) is 0 Å². The van der Waals surface area contributed by atoms with Crippen LogP contribution in [0.15, 0.2) is 24.3 Å². The smallest absolute Gasteiger partial charge is 0.227 e. The highest BCUT2D eigenvalue weighted by molar-refractivity contribution is 5.24. The largest absolute Gasteiger partial charge is 0.759 e. The van der Waals surface area contributed by atoms with Gasteiger partial charge in [0.2, 0.25) is 6.20 Å². The van der Waals surface area contributed by atoms with Crippen LogP contribution in [0, 0.1) is 10.1 Å². The summed E-state index contributed by atoms with van der Waals surface area (Å²) in [6.45, 7) is 0. The van der Waals surface area contributed by atoms with E-state index in [1.54, 1.807) is 24.3 Å². The SMILES string of the molecule is CN([O-])C=c1ccc(=C[N+](C)=O)cc1. The molecule has 0 aliphatic rings. The maximum Gasteiger partial charge on any atom is 0.227 e. The minimum atomic E-state index is 0.735. The molecule has 0 aliphatic carbocycles. The molecule has 0 amide bonds. The van der Waals surface area contributed by atoms with E-state index in [-0.39, 0.29) is 0 Å². The van der Waals surface area contributed by atoms with E-state index in [2.05, 4.69) is 0 Å². The van der Waals surface area contributed by atoms with Gasteiger partial charge in [0.1, 0.15) is 0 Å². The topological polar surface area (TPSA) is 46.4 Å². The first-order chi connectivity index (χ1) is 6.58. The summed E-state index contributed by atoms with van der Waals surface area (Å²) < 4.78 is 0.735. The summed E-state index contributed by atoms with van der Waals surface area (Å²) in [5, 5.41) is 13.0. The van der Waals surface area contributed by atoms with Gasteiger partial charge in [-0.25, -0.2) is 0 Å². The zero-order chi connectivity index (χ0) is 10.6. The first-order valence-electron chi connectivity index (χ1n) is 4.17. The Morgan fingerprint density at radius 2 is 1.79 bits per heavy atom. The molecule has 0 unspecified atom stereocenters. The van der Waals surface area contributed by atoms with Gasteiger partial charge < -0.3 is 10.3 Å². The molecule has 0 atom stereocenters. The lowest BCUT2D eigenvalue weighted by atomic mass is 10.3. The molecule has 0 N–H and O–H groups in total. The van der Waals surface area contributed by atoms with Gasteiger partial charge in [0.15, 0.2) is 7.05 Å². The van der Waals surface area contributed by atoms with Crippen LogP contribution in [0.3, 0.4) is 0 Å². The van der Waals surface area contributed by atoms with Crippen molar-refractivity contribution in [3.05, 3.63) is 44.8 Å². The Morgan fingerprint density at radius 1 is 1.29 bits per heavy atom. The number of hydrogen-bond acceptors (Lipinski definition) is 3. The van der Waals surface area contributed by atoms with E-state index in [4.69, 9.17) is 0 Å². The van der Waals surface area contributed by atoms with Gasteiger partial charge in [-0.3, -0.25) is 0 Å². The standard InChI is InChI=1S/C10H12N2O2/c1-11(13)7-9-3-5-10(6-4-9)8-12(2)14/h3-8H,1-2H3. The molecule has 14 heavy (non-hydrogen) atoms. The molecular weight excluding hydrogens is 180 g/mol. The maximum atomic E-state index is 10.7. The van der Waals surface area contributed by atoms with Crippen LogP contribution in [0.4, 0.5) is 0 Å². The maximum absolute atomic E-state index is 10.7. The van der Waals surface area contributed by atoms with E-state index in [0.717, 1.165) is 20.3 Å². The molecule has 0 radical (unpaired) electrons. The van der Waals surface area contributed by atoms with Crippen molar-refractivity contribution in [3.63, 3.8) is 0 Å². The van der Waals surface area contributed by atoms with Crippen molar-refractivity contribution in [2.75, 3.05) is 14.1 Å². The molecule has 1 rings (SSSR count). The summed E-state index contributed by atoms with van der Waals surface area (Å²) >= 11 is 0. The van der Waals surface area contributed by atoms with Gasteiger partial charge in [-0.1, -0.05) is 12.1 Å². The normalized spacial score (nSPS) is 9.36. The lowest BCUT2D eigenvalue weighted by Gasteiger charge is -2.17. The van der Waals surface area contributed by atoms with Gasteiger partial charge in [0.05, 0.1) is 0 Å². The summed E-state index contributed by atoms with van der Waals surface area (Å²) in [6.07, 6.45) is 2.93. The number of rotatable bonds is 2. The van der Waals surface area contributed by atoms with Crippen LogP contribution in [0.1, 0.15) is 0 Å². The molecule has 4 heteroatoms. The highest BCUT2D eigenvalue weighted by Gasteiger charge is 1.88. The Hall–Kier alpha value is -1.68. The zero-order valence-corrected chi connectivity index (χ0v) is 8.18. The highest BCUT2D eigenvalue weighted by atomic mass is 16.5. The first-order valence-corrected chi connectivity index (χ1v) is 4.17. The van der Waals surface area contributed by atoms with E-state index < -0.39 is 0 Å². The van der Waals surface area contributed by atoms with Crippen molar-refractivity contribution in [1.82, 2.24) is 5.06 Å². The van der Waals surface area contributed by atoms with E-state index in [9.17, 15) is 10.1 Å². The fraction of sp³-hybridized carbons (Fsp3) is 0.200. The molecule has 0 aliphatic heterocycles. The number of benzene rings is 1. The van der Waals surface area contributed by atoms with Gasteiger partial charge in [0, 0.05) is 14.9 Å². The Morgan fingerprint density at radius 3 is 2.21 bits per heavy atom. The summed E-state index contributed by atoms with van der Waals surface area (Å²) in [7, 11) is 2.84. The fourth-order valence-corrected chi connectivity index (χ4v) is 1.09. The number of hydrogen-bond donors (Lipinski definition) is 0. The number of hydroxylamine groups is 2. The van der Waals surface area contributed by atoms with Crippen molar-refractivity contribution >= 4 is 12.4 Å². The lowest BCUT2D eigenvalue weighted by molar-refractivity contribution is -0.408. The van der Waals surface area contributed by atoms with Crippen LogP contribution in [0.5, 0.6) is 0 Å². The molecule has 1 aromatic rings. The minimum absolute atomic E-state index is 0.735. The molecular formula is C10H12N2O2. The van der Waals surface area contributed by atoms with E-state index in [1.807, 2.05) is 0 Å². The quantitative estimate of drug-likeness (QED) is 0.489. The molecule has 0 bridgehead atoms. The zero-order valence-electron chi connectivity index (χ0n) is 8.18. The summed E-state index contributed by atoms with van der Waals surface area (Å²) in [5.41, 5.74) is 0. The van der Waals surface area contributed by atoms with Gasteiger partial charge >= 0.3 is 0 Å². The van der Waals surface area contributed by atoms with E-state index in [0.29, 0.717) is 0 Å². The number of nitrogens with zero attached hydrogens (tertiary/aromatic N) is 2. The first kappa shape index (κ1) is 10.4. The van der Waals surface area contributed by atoms with Gasteiger partial charge in [-0.05, 0) is 30.6 Å². The monoisotopic (exact) mass is 192 g/mol.